The second kappa shape index (κ2) is 5.94. The maximum absolute atomic E-state index is 11.8. The highest BCUT2D eigenvalue weighted by atomic mass is 16.5. The van der Waals surface area contributed by atoms with E-state index in [2.05, 4.69) is 0 Å². The Morgan fingerprint density at radius 3 is 2.60 bits per heavy atom. The molecule has 0 radical (unpaired) electrons. The molecule has 20 heavy (non-hydrogen) atoms. The minimum absolute atomic E-state index is 0.00227. The monoisotopic (exact) mass is 277 g/mol. The first-order valence-corrected chi connectivity index (χ1v) is 6.65. The fourth-order valence-corrected chi connectivity index (χ4v) is 2.19. The first kappa shape index (κ1) is 14.4. The molecule has 1 aliphatic heterocycles. The van der Waals surface area contributed by atoms with Gasteiger partial charge in [0.1, 0.15) is 5.75 Å². The van der Waals surface area contributed by atoms with E-state index in [1.807, 2.05) is 32.0 Å². The summed E-state index contributed by atoms with van der Waals surface area (Å²) in [6, 6.07) is 5.71. The molecule has 0 aromatic heterocycles. The normalized spacial score (nSPS) is 14.8. The SMILES string of the molecule is Cc1ccc(OCC(=O)N2CC(CC(=O)O)C2)cc1C. The second-order valence-electron chi connectivity index (χ2n) is 5.30. The Morgan fingerprint density at radius 1 is 1.30 bits per heavy atom. The maximum Gasteiger partial charge on any atom is 0.303 e. The van der Waals surface area contributed by atoms with Gasteiger partial charge >= 0.3 is 5.97 Å². The summed E-state index contributed by atoms with van der Waals surface area (Å²) >= 11 is 0. The Balaban J connectivity index is 1.76. The average molecular weight is 277 g/mol. The first-order chi connectivity index (χ1) is 9.45. The van der Waals surface area contributed by atoms with Gasteiger partial charge in [-0.3, -0.25) is 9.59 Å². The lowest BCUT2D eigenvalue weighted by atomic mass is 9.96. The summed E-state index contributed by atoms with van der Waals surface area (Å²) in [5.74, 6) is -0.138. The Labute approximate surface area is 118 Å². The smallest absolute Gasteiger partial charge is 0.303 e. The zero-order valence-corrected chi connectivity index (χ0v) is 11.8. The van der Waals surface area contributed by atoms with Crippen LogP contribution in [0.15, 0.2) is 18.2 Å². The topological polar surface area (TPSA) is 66.8 Å². The predicted molar refractivity (Wildman–Crippen MR) is 73.7 cm³/mol. The Hall–Kier alpha value is -2.04. The van der Waals surface area contributed by atoms with Crippen LogP contribution in [0.2, 0.25) is 0 Å². The second-order valence-corrected chi connectivity index (χ2v) is 5.30. The summed E-state index contributed by atoms with van der Waals surface area (Å²) in [6.07, 6.45) is 0.127. The summed E-state index contributed by atoms with van der Waals surface area (Å²) in [7, 11) is 0. The predicted octanol–water partition coefficient (Wildman–Crippen LogP) is 1.62. The molecule has 5 nitrogen and oxygen atoms in total. The molecule has 1 fully saturated rings. The Bertz CT molecular complexity index is 521. The largest absolute Gasteiger partial charge is 0.484 e. The third-order valence-corrected chi connectivity index (χ3v) is 3.61. The van der Waals surface area contributed by atoms with Gasteiger partial charge in [0.2, 0.25) is 0 Å². The van der Waals surface area contributed by atoms with Crippen LogP contribution < -0.4 is 4.74 Å². The highest BCUT2D eigenvalue weighted by molar-refractivity contribution is 5.79. The van der Waals surface area contributed by atoms with Gasteiger partial charge in [-0.2, -0.15) is 0 Å². The number of carbonyl (C=O) groups is 2. The van der Waals surface area contributed by atoms with E-state index in [1.165, 1.54) is 5.56 Å². The zero-order valence-electron chi connectivity index (χ0n) is 11.8. The van der Waals surface area contributed by atoms with Crippen molar-refractivity contribution in [3.05, 3.63) is 29.3 Å². The fraction of sp³-hybridized carbons (Fsp3) is 0.467. The highest BCUT2D eigenvalue weighted by Crippen LogP contribution is 2.20. The number of benzene rings is 1. The van der Waals surface area contributed by atoms with Crippen molar-refractivity contribution in [2.75, 3.05) is 19.7 Å². The third kappa shape index (κ3) is 3.50. The van der Waals surface area contributed by atoms with Gasteiger partial charge in [0.15, 0.2) is 6.61 Å². The summed E-state index contributed by atoms with van der Waals surface area (Å²) in [4.78, 5) is 24.0. The molecule has 1 heterocycles. The van der Waals surface area contributed by atoms with Crippen LogP contribution in [0.5, 0.6) is 5.75 Å². The van der Waals surface area contributed by atoms with Crippen LogP contribution in [0, 0.1) is 19.8 Å². The van der Waals surface area contributed by atoms with Crippen LogP contribution in [0.4, 0.5) is 0 Å². The number of aryl methyl sites for hydroxylation is 2. The number of aliphatic carboxylic acids is 1. The van der Waals surface area contributed by atoms with E-state index in [9.17, 15) is 9.59 Å². The van der Waals surface area contributed by atoms with Gasteiger partial charge in [0.25, 0.3) is 5.91 Å². The van der Waals surface area contributed by atoms with Gasteiger partial charge in [-0.05, 0) is 37.1 Å². The van der Waals surface area contributed by atoms with Crippen molar-refractivity contribution in [3.8, 4) is 5.75 Å². The lowest BCUT2D eigenvalue weighted by molar-refractivity contribution is -0.146. The third-order valence-electron chi connectivity index (χ3n) is 3.61. The first-order valence-electron chi connectivity index (χ1n) is 6.65. The molecule has 1 aromatic carbocycles. The minimum Gasteiger partial charge on any atom is -0.484 e. The van der Waals surface area contributed by atoms with E-state index < -0.39 is 5.97 Å². The number of carboxylic acids is 1. The average Bonchev–Trinajstić information content (AvgIpc) is 2.34. The van der Waals surface area contributed by atoms with Gasteiger partial charge in [-0.15, -0.1) is 0 Å². The van der Waals surface area contributed by atoms with Crippen molar-refractivity contribution < 1.29 is 19.4 Å². The van der Waals surface area contributed by atoms with E-state index in [-0.39, 0.29) is 24.9 Å². The standard InChI is InChI=1S/C15H19NO4/c1-10-3-4-13(5-11(10)2)20-9-14(17)16-7-12(8-16)6-15(18)19/h3-5,12H,6-9H2,1-2H3,(H,18,19). The van der Waals surface area contributed by atoms with Gasteiger partial charge in [-0.1, -0.05) is 6.07 Å². The summed E-state index contributed by atoms with van der Waals surface area (Å²) < 4.78 is 5.47. The van der Waals surface area contributed by atoms with Crippen LogP contribution in [-0.4, -0.2) is 41.6 Å². The molecule has 0 unspecified atom stereocenters. The molecule has 0 aliphatic carbocycles. The zero-order chi connectivity index (χ0) is 14.7. The van der Waals surface area contributed by atoms with E-state index in [1.54, 1.807) is 4.90 Å². The number of carboxylic acid groups (broad SMARTS) is 1. The fourth-order valence-electron chi connectivity index (χ4n) is 2.19. The van der Waals surface area contributed by atoms with E-state index in [0.717, 1.165) is 5.56 Å². The molecule has 0 atom stereocenters. The summed E-state index contributed by atoms with van der Waals surface area (Å²) in [5, 5.41) is 8.65. The number of amides is 1. The molecule has 1 N–H and O–H groups in total. The maximum atomic E-state index is 11.8. The Kier molecular flexibility index (Phi) is 4.27. The van der Waals surface area contributed by atoms with Crippen LogP contribution in [0.3, 0.4) is 0 Å². The van der Waals surface area contributed by atoms with Gasteiger partial charge < -0.3 is 14.7 Å². The van der Waals surface area contributed by atoms with Crippen molar-refractivity contribution in [3.63, 3.8) is 0 Å². The molecular formula is C15H19NO4. The van der Waals surface area contributed by atoms with Crippen LogP contribution in [0.25, 0.3) is 0 Å². The highest BCUT2D eigenvalue weighted by Gasteiger charge is 2.31. The van der Waals surface area contributed by atoms with Crippen molar-refractivity contribution in [1.29, 1.82) is 0 Å². The van der Waals surface area contributed by atoms with Crippen molar-refractivity contribution in [1.82, 2.24) is 4.90 Å². The summed E-state index contributed by atoms with van der Waals surface area (Å²) in [5.41, 5.74) is 2.31. The quantitative estimate of drug-likeness (QED) is 0.888. The number of likely N-dealkylation sites (tertiary alicyclic amines) is 1. The molecule has 0 saturated carbocycles. The van der Waals surface area contributed by atoms with Gasteiger partial charge in [0.05, 0.1) is 6.42 Å². The lowest BCUT2D eigenvalue weighted by Crippen LogP contribution is -2.52. The molecule has 108 valence electrons. The van der Waals surface area contributed by atoms with Crippen LogP contribution >= 0.6 is 0 Å². The number of hydrogen-bond acceptors (Lipinski definition) is 3. The van der Waals surface area contributed by atoms with Gasteiger partial charge in [-0.25, -0.2) is 0 Å². The number of hydrogen-bond donors (Lipinski definition) is 1. The molecule has 1 amide bonds. The van der Waals surface area contributed by atoms with Crippen LogP contribution in [0.1, 0.15) is 17.5 Å². The van der Waals surface area contributed by atoms with E-state index in [0.29, 0.717) is 18.8 Å². The van der Waals surface area contributed by atoms with Crippen LogP contribution in [-0.2, 0) is 9.59 Å². The summed E-state index contributed by atoms with van der Waals surface area (Å²) in [6.45, 7) is 5.05. The molecule has 2 rings (SSSR count). The molecule has 0 bridgehead atoms. The van der Waals surface area contributed by atoms with E-state index in [4.69, 9.17) is 9.84 Å². The molecular weight excluding hydrogens is 258 g/mol. The number of carbonyl (C=O) groups excluding carboxylic acids is 1. The van der Waals surface area contributed by atoms with Crippen molar-refractivity contribution in [2.45, 2.75) is 20.3 Å². The Morgan fingerprint density at radius 2 is 2.00 bits per heavy atom. The lowest BCUT2D eigenvalue weighted by Gasteiger charge is -2.38. The van der Waals surface area contributed by atoms with E-state index >= 15 is 0 Å². The number of rotatable bonds is 5. The minimum atomic E-state index is -0.812. The molecule has 1 saturated heterocycles. The molecule has 1 aromatic rings. The number of nitrogens with zero attached hydrogens (tertiary/aromatic N) is 1. The molecule has 5 heteroatoms. The number of ether oxygens (including phenoxy) is 1. The van der Waals surface area contributed by atoms with Gasteiger partial charge in [0, 0.05) is 19.0 Å². The van der Waals surface area contributed by atoms with Crippen molar-refractivity contribution in [2.24, 2.45) is 5.92 Å². The molecule has 0 spiro atoms. The van der Waals surface area contributed by atoms with Crippen molar-refractivity contribution >= 4 is 11.9 Å². The molecule has 1 aliphatic rings.